The van der Waals surface area contributed by atoms with Gasteiger partial charge in [-0.2, -0.15) is 0 Å². The molecule has 9 N–H and O–H groups in total. The third-order valence-corrected chi connectivity index (χ3v) is 20.8. The van der Waals surface area contributed by atoms with Crippen LogP contribution in [0, 0.1) is 17.8 Å². The molecule has 606 valence electrons. The summed E-state index contributed by atoms with van der Waals surface area (Å²) >= 11 is 0. The molecule has 18 heteroatoms. The van der Waals surface area contributed by atoms with Crippen LogP contribution in [0.2, 0.25) is 0 Å². The Morgan fingerprint density at radius 2 is 0.432 bits per heavy atom. The van der Waals surface area contributed by atoms with Gasteiger partial charge in [0.25, 0.3) is 17.7 Å². The van der Waals surface area contributed by atoms with Gasteiger partial charge in [-0.15, -0.1) is 0 Å². The number of hydrogen-bond donors (Lipinski definition) is 6. The van der Waals surface area contributed by atoms with E-state index in [0.717, 1.165) is 100 Å². The lowest BCUT2D eigenvalue weighted by Crippen LogP contribution is -2.46. The molecule has 6 aromatic carbocycles. The highest BCUT2D eigenvalue weighted by atomic mass is 16.5. The van der Waals surface area contributed by atoms with Crippen molar-refractivity contribution in [3.05, 3.63) is 173 Å². The van der Waals surface area contributed by atoms with E-state index in [0.29, 0.717) is 53.8 Å². The number of carbonyl (C=O) groups excluding carboxylic acids is 6. The van der Waals surface area contributed by atoms with Crippen molar-refractivity contribution < 1.29 is 57.2 Å². The van der Waals surface area contributed by atoms with Crippen LogP contribution >= 0.6 is 0 Å². The van der Waals surface area contributed by atoms with E-state index in [1.165, 1.54) is 0 Å². The van der Waals surface area contributed by atoms with Crippen molar-refractivity contribution >= 4 is 35.4 Å². The summed E-state index contributed by atoms with van der Waals surface area (Å²) in [6.07, 6.45) is 2.52. The lowest BCUT2D eigenvalue weighted by atomic mass is 9.79. The lowest BCUT2D eigenvalue weighted by Gasteiger charge is -2.29. The fourth-order valence-corrected chi connectivity index (χ4v) is 14.5. The standard InChI is InChI=1S/C93H132N6O12/c1-52(2)28-73(85(94)103)97-76(100)49-109-82-61-31-55-37-67(88(7,8)9)39-57(79(55)106-25)33-63-45-71(92(19,20)21)47-65(83(63)110-50-77(101)98-74(86(95)104)29-53(3)4)35-59-41-69(90(13,14)15)42-60(81(59)108-27)36-66-48-72(93(22,23)24)46-64(84(66)111-51-78(102)99-75(87(96)105)30-54(5)6)34-58-40-68(89(10,11)12)38-56(80(58)107-26)32-62(82)44-70(43-61)91(16,17)18/h37-48,52-54,73-75H,28-36,49-51H2,1-27H3,(H2,94,103)(H2,95,104)(H2,96,105)(H,97,100)(H,98,101)(H,99,102)/t73-,74-,75-/m0/s1. The minimum absolute atomic E-state index is 0.0444. The van der Waals surface area contributed by atoms with Crippen LogP contribution in [-0.2, 0) is 99.8 Å². The molecule has 0 saturated carbocycles. The maximum absolute atomic E-state index is 14.5. The van der Waals surface area contributed by atoms with Gasteiger partial charge in [-0.05, 0) is 170 Å². The van der Waals surface area contributed by atoms with Gasteiger partial charge < -0.3 is 61.6 Å². The molecule has 0 aromatic heterocycles. The van der Waals surface area contributed by atoms with E-state index >= 15 is 0 Å². The van der Waals surface area contributed by atoms with E-state index < -0.39 is 106 Å². The zero-order chi connectivity index (χ0) is 83.1. The second-order valence-electron chi connectivity index (χ2n) is 38.2. The first-order chi connectivity index (χ1) is 51.3. The molecule has 0 unspecified atom stereocenters. The minimum Gasteiger partial charge on any atom is -0.496 e. The van der Waals surface area contributed by atoms with Crippen LogP contribution in [0.1, 0.15) is 286 Å². The Morgan fingerprint density at radius 1 is 0.288 bits per heavy atom. The number of rotatable bonds is 24. The van der Waals surface area contributed by atoms with E-state index in [2.05, 4.69) is 213 Å². The quantitative estimate of drug-likeness (QED) is 0.0330. The van der Waals surface area contributed by atoms with Crippen LogP contribution in [0.5, 0.6) is 34.5 Å². The third kappa shape index (κ3) is 23.8. The lowest BCUT2D eigenvalue weighted by molar-refractivity contribution is -0.128. The van der Waals surface area contributed by atoms with Gasteiger partial charge in [-0.3, -0.25) is 28.8 Å². The van der Waals surface area contributed by atoms with Gasteiger partial charge >= 0.3 is 0 Å². The van der Waals surface area contributed by atoms with Gasteiger partial charge in [0.05, 0.1) is 21.3 Å². The Morgan fingerprint density at radius 3 is 0.550 bits per heavy atom. The Kier molecular flexibility index (Phi) is 28.7. The van der Waals surface area contributed by atoms with E-state index in [1.807, 2.05) is 41.5 Å². The van der Waals surface area contributed by atoms with E-state index in [1.54, 1.807) is 21.3 Å². The van der Waals surface area contributed by atoms with E-state index in [4.69, 9.17) is 45.6 Å². The molecule has 0 heterocycles. The maximum atomic E-state index is 14.5. The number of nitrogens with one attached hydrogen (secondary N) is 3. The summed E-state index contributed by atoms with van der Waals surface area (Å²) in [6, 6.07) is 23.4. The first-order valence-corrected chi connectivity index (χ1v) is 39.5. The number of hydrogen-bond acceptors (Lipinski definition) is 12. The Bertz CT molecular complexity index is 3800. The Labute approximate surface area is 663 Å². The maximum Gasteiger partial charge on any atom is 0.258 e. The Hall–Kier alpha value is -9.06. The smallest absolute Gasteiger partial charge is 0.258 e. The molecule has 12 bridgehead atoms. The van der Waals surface area contributed by atoms with Crippen LogP contribution in [0.25, 0.3) is 0 Å². The summed E-state index contributed by atoms with van der Waals surface area (Å²) in [7, 11) is 5.05. The number of primary amides is 3. The predicted molar refractivity (Wildman–Crippen MR) is 446 cm³/mol. The molecule has 0 radical (unpaired) electrons. The van der Waals surface area contributed by atoms with E-state index in [-0.39, 0.29) is 56.3 Å². The third-order valence-electron chi connectivity index (χ3n) is 20.8. The van der Waals surface area contributed by atoms with Crippen molar-refractivity contribution in [1.82, 2.24) is 16.0 Å². The minimum atomic E-state index is -0.939. The average molecular weight is 1530 g/mol. The fourth-order valence-electron chi connectivity index (χ4n) is 14.5. The molecule has 1 aliphatic carbocycles. The van der Waals surface area contributed by atoms with Crippen molar-refractivity contribution in [1.29, 1.82) is 0 Å². The zero-order valence-electron chi connectivity index (χ0n) is 72.0. The summed E-state index contributed by atoms with van der Waals surface area (Å²) in [5.74, 6) is -0.154. The topological polar surface area (TPSA) is 272 Å². The van der Waals surface area contributed by atoms with Crippen LogP contribution in [0.3, 0.4) is 0 Å². The molecule has 0 fully saturated rings. The normalized spacial score (nSPS) is 14.0. The van der Waals surface area contributed by atoms with Gasteiger partial charge in [0.2, 0.25) is 17.7 Å². The molecule has 0 aliphatic heterocycles. The van der Waals surface area contributed by atoms with Gasteiger partial charge in [0.15, 0.2) is 19.8 Å². The number of benzene rings is 6. The predicted octanol–water partition coefficient (Wildman–Crippen LogP) is 15.5. The molecule has 3 atom stereocenters. The Balaban J connectivity index is 1.71. The monoisotopic (exact) mass is 1520 g/mol. The summed E-state index contributed by atoms with van der Waals surface area (Å²) in [4.78, 5) is 82.4. The molecule has 1 aliphatic rings. The molecular weight excluding hydrogens is 1390 g/mol. The second kappa shape index (κ2) is 35.7. The SMILES string of the molecule is COc1c2cc(C(C)(C)C)cc1Cc1cc(C(C)(C)C)cc(c1OCC(=O)N[C@@H](CC(C)C)C(N)=O)Cc1cc(C(C)(C)C)cc(c1OC)Cc1cc(C(C)(C)C)cc(c1OCC(=O)N[C@@H](CC(C)C)C(N)=O)Cc1cc(C(C)(C)C)cc(c1OC)Cc1cc(C(C)(C)C)cc(c1OCC(=O)N[C@@H](CC(C)C)C(N)=O)C2. The summed E-state index contributed by atoms with van der Waals surface area (Å²) < 4.78 is 41.5. The first kappa shape index (κ1) is 89.1. The summed E-state index contributed by atoms with van der Waals surface area (Å²) in [5.41, 5.74) is 31.0. The van der Waals surface area contributed by atoms with Gasteiger partial charge in [-0.25, -0.2) is 0 Å². The highest BCUT2D eigenvalue weighted by Gasteiger charge is 2.34. The molecule has 6 amide bonds. The second-order valence-corrected chi connectivity index (χ2v) is 38.2. The highest BCUT2D eigenvalue weighted by molar-refractivity contribution is 5.89. The van der Waals surface area contributed by atoms with Gasteiger partial charge in [0, 0.05) is 38.5 Å². The van der Waals surface area contributed by atoms with Crippen molar-refractivity contribution in [3.8, 4) is 34.5 Å². The van der Waals surface area contributed by atoms with Crippen LogP contribution in [-0.4, -0.2) is 94.7 Å². The van der Waals surface area contributed by atoms with Crippen LogP contribution in [0.4, 0.5) is 0 Å². The number of carbonyl (C=O) groups is 6. The molecular formula is C93H132N6O12. The number of fused-ring (bicyclic) bond motifs is 12. The summed E-state index contributed by atoms with van der Waals surface area (Å²) in [5, 5.41) is 8.68. The molecule has 0 saturated heterocycles. The summed E-state index contributed by atoms with van der Waals surface area (Å²) in [6.45, 7) is 49.6. The first-order valence-electron chi connectivity index (χ1n) is 39.5. The van der Waals surface area contributed by atoms with Gasteiger partial charge in [-0.1, -0.05) is 239 Å². The molecule has 0 spiro atoms. The van der Waals surface area contributed by atoms with Crippen LogP contribution < -0.4 is 61.6 Å². The fraction of sp³-hybridized carbons (Fsp3) is 0.548. The number of methoxy groups -OCH3 is 3. The van der Waals surface area contributed by atoms with Gasteiger partial charge in [0.1, 0.15) is 52.6 Å². The van der Waals surface area contributed by atoms with Crippen molar-refractivity contribution in [3.63, 3.8) is 0 Å². The molecule has 6 aromatic rings. The van der Waals surface area contributed by atoms with Crippen molar-refractivity contribution in [2.75, 3.05) is 41.2 Å². The highest BCUT2D eigenvalue weighted by Crippen LogP contribution is 2.47. The van der Waals surface area contributed by atoms with Crippen molar-refractivity contribution in [2.45, 2.75) is 275 Å². The number of amides is 6. The zero-order valence-corrected chi connectivity index (χ0v) is 72.0. The average Bonchev–Trinajstić information content (AvgIpc) is 0.767. The van der Waals surface area contributed by atoms with Crippen molar-refractivity contribution in [2.24, 2.45) is 35.0 Å². The molecule has 111 heavy (non-hydrogen) atoms. The van der Waals surface area contributed by atoms with E-state index in [9.17, 15) is 28.8 Å². The van der Waals surface area contributed by atoms with Crippen LogP contribution in [0.15, 0.2) is 72.8 Å². The molecule has 18 nitrogen and oxygen atoms in total. The molecule has 7 rings (SSSR count). The number of nitrogens with two attached hydrogens (primary N) is 3. The largest absolute Gasteiger partial charge is 0.496 e. The number of ether oxygens (including phenoxy) is 6.